The molecule has 1 aromatic heterocycles. The number of methoxy groups -OCH3 is 1. The van der Waals surface area contributed by atoms with Crippen LogP contribution in [0.4, 0.5) is 0 Å². The number of hydrogen-bond donors (Lipinski definition) is 1. The molecule has 1 aliphatic carbocycles. The highest BCUT2D eigenvalue weighted by Gasteiger charge is 2.32. The average molecular weight is 194 g/mol. The molecule has 0 spiro atoms. The maximum atomic E-state index is 10.9. The molecule has 0 aliphatic heterocycles. The van der Waals surface area contributed by atoms with Gasteiger partial charge in [-0.2, -0.15) is 0 Å². The van der Waals surface area contributed by atoms with Crippen molar-refractivity contribution in [2.75, 3.05) is 7.11 Å². The third kappa shape index (κ3) is 1.41. The molecule has 0 saturated heterocycles. The second-order valence-electron chi connectivity index (χ2n) is 3.22. The number of carboxylic acids is 1. The number of carbonyl (C=O) groups is 1. The lowest BCUT2D eigenvalue weighted by atomic mass is 10.1. The van der Waals surface area contributed by atoms with Gasteiger partial charge in [0, 0.05) is 0 Å². The quantitative estimate of drug-likeness (QED) is 0.778. The summed E-state index contributed by atoms with van der Waals surface area (Å²) in [5, 5.41) is 8.92. The zero-order valence-electron chi connectivity index (χ0n) is 7.73. The van der Waals surface area contributed by atoms with Gasteiger partial charge in [0.25, 0.3) is 0 Å². The van der Waals surface area contributed by atoms with Crippen LogP contribution in [0.3, 0.4) is 0 Å². The number of nitrogens with zero attached hydrogens (tertiary/aromatic N) is 2. The first-order chi connectivity index (χ1) is 6.74. The number of hydrogen-bond acceptors (Lipinski definition) is 4. The van der Waals surface area contributed by atoms with Crippen LogP contribution in [0.5, 0.6) is 5.88 Å². The summed E-state index contributed by atoms with van der Waals surface area (Å²) in [6, 6.07) is 0. The van der Waals surface area contributed by atoms with Crippen molar-refractivity contribution in [2.24, 2.45) is 0 Å². The fourth-order valence-corrected chi connectivity index (χ4v) is 1.45. The lowest BCUT2D eigenvalue weighted by Crippen LogP contribution is -2.08. The maximum Gasteiger partial charge on any atom is 0.355 e. The Morgan fingerprint density at radius 2 is 2.29 bits per heavy atom. The summed E-state index contributed by atoms with van der Waals surface area (Å²) in [5.41, 5.74) is 0.710. The first-order valence-corrected chi connectivity index (χ1v) is 4.36. The minimum Gasteiger partial charge on any atom is -0.481 e. The summed E-state index contributed by atoms with van der Waals surface area (Å²) < 4.78 is 5.02. The highest BCUT2D eigenvalue weighted by atomic mass is 16.5. The van der Waals surface area contributed by atoms with Crippen LogP contribution in [0.15, 0.2) is 6.33 Å². The molecule has 0 radical (unpaired) electrons. The molecule has 14 heavy (non-hydrogen) atoms. The Labute approximate surface area is 80.8 Å². The summed E-state index contributed by atoms with van der Waals surface area (Å²) in [7, 11) is 1.49. The molecule has 0 atom stereocenters. The normalized spacial score (nSPS) is 15.2. The van der Waals surface area contributed by atoms with Crippen LogP contribution in [0, 0.1) is 0 Å². The molecule has 5 heteroatoms. The summed E-state index contributed by atoms with van der Waals surface area (Å²) in [4.78, 5) is 18.5. The summed E-state index contributed by atoms with van der Waals surface area (Å²) >= 11 is 0. The van der Waals surface area contributed by atoms with Crippen LogP contribution >= 0.6 is 0 Å². The second-order valence-corrected chi connectivity index (χ2v) is 3.22. The molecule has 1 aromatic rings. The molecule has 74 valence electrons. The van der Waals surface area contributed by atoms with Gasteiger partial charge < -0.3 is 9.84 Å². The number of rotatable bonds is 3. The molecule has 1 aliphatic rings. The van der Waals surface area contributed by atoms with Gasteiger partial charge in [0.15, 0.2) is 5.69 Å². The average Bonchev–Trinajstić information content (AvgIpc) is 2.99. The van der Waals surface area contributed by atoms with E-state index in [2.05, 4.69) is 9.97 Å². The summed E-state index contributed by atoms with van der Waals surface area (Å²) in [6.07, 6.45) is 3.20. The van der Waals surface area contributed by atoms with Gasteiger partial charge in [-0.1, -0.05) is 0 Å². The van der Waals surface area contributed by atoms with E-state index < -0.39 is 5.97 Å². The largest absolute Gasteiger partial charge is 0.481 e. The van der Waals surface area contributed by atoms with Crippen molar-refractivity contribution in [2.45, 2.75) is 18.8 Å². The van der Waals surface area contributed by atoms with Gasteiger partial charge in [-0.25, -0.2) is 14.8 Å². The molecule has 0 aromatic carbocycles. The van der Waals surface area contributed by atoms with Crippen molar-refractivity contribution in [3.05, 3.63) is 17.6 Å². The monoisotopic (exact) mass is 194 g/mol. The number of ether oxygens (including phenoxy) is 1. The van der Waals surface area contributed by atoms with E-state index in [1.807, 2.05) is 0 Å². The van der Waals surface area contributed by atoms with Gasteiger partial charge in [0.1, 0.15) is 6.33 Å². The minimum absolute atomic E-state index is 0.0688. The highest BCUT2D eigenvalue weighted by molar-refractivity contribution is 5.88. The summed E-state index contributed by atoms with van der Waals surface area (Å²) in [6.45, 7) is 0. The molecular weight excluding hydrogens is 184 g/mol. The van der Waals surface area contributed by atoms with E-state index in [4.69, 9.17) is 9.84 Å². The number of aromatic carboxylic acids is 1. The Morgan fingerprint density at radius 1 is 1.57 bits per heavy atom. The molecule has 1 saturated carbocycles. The van der Waals surface area contributed by atoms with E-state index in [1.54, 1.807) is 0 Å². The molecular formula is C9H10N2O3. The lowest BCUT2D eigenvalue weighted by molar-refractivity contribution is 0.0688. The zero-order chi connectivity index (χ0) is 10.1. The zero-order valence-corrected chi connectivity index (χ0v) is 7.73. The van der Waals surface area contributed by atoms with E-state index in [9.17, 15) is 4.79 Å². The minimum atomic E-state index is -1.02. The standard InChI is InChI=1S/C9H10N2O3/c1-14-8-6(5-2-3-5)7(9(12)13)10-4-11-8/h4-5H,2-3H2,1H3,(H,12,13). The Kier molecular flexibility index (Phi) is 2.07. The van der Waals surface area contributed by atoms with Crippen LogP contribution in [-0.4, -0.2) is 28.2 Å². The molecule has 0 unspecified atom stereocenters. The maximum absolute atomic E-state index is 10.9. The van der Waals surface area contributed by atoms with Crippen LogP contribution in [-0.2, 0) is 0 Å². The third-order valence-electron chi connectivity index (χ3n) is 2.23. The Balaban J connectivity index is 2.52. The van der Waals surface area contributed by atoms with Crippen LogP contribution in [0.1, 0.15) is 34.8 Å². The molecule has 0 amide bonds. The lowest BCUT2D eigenvalue weighted by Gasteiger charge is -2.07. The molecule has 0 bridgehead atoms. The van der Waals surface area contributed by atoms with Crippen molar-refractivity contribution < 1.29 is 14.6 Å². The topological polar surface area (TPSA) is 72.3 Å². The van der Waals surface area contributed by atoms with Gasteiger partial charge in [0.2, 0.25) is 5.88 Å². The first-order valence-electron chi connectivity index (χ1n) is 4.36. The number of carboxylic acid groups (broad SMARTS) is 1. The van der Waals surface area contributed by atoms with E-state index >= 15 is 0 Å². The van der Waals surface area contributed by atoms with Crippen LogP contribution < -0.4 is 4.74 Å². The highest BCUT2D eigenvalue weighted by Crippen LogP contribution is 2.44. The van der Waals surface area contributed by atoms with Crippen LogP contribution in [0.2, 0.25) is 0 Å². The Morgan fingerprint density at radius 3 is 2.79 bits per heavy atom. The predicted molar refractivity (Wildman–Crippen MR) is 47.5 cm³/mol. The second kappa shape index (κ2) is 3.25. The third-order valence-corrected chi connectivity index (χ3v) is 2.23. The fraction of sp³-hybridized carbons (Fsp3) is 0.444. The van der Waals surface area contributed by atoms with Crippen LogP contribution in [0.25, 0.3) is 0 Å². The van der Waals surface area contributed by atoms with Crippen molar-refractivity contribution >= 4 is 5.97 Å². The van der Waals surface area contributed by atoms with Crippen molar-refractivity contribution in [1.29, 1.82) is 0 Å². The van der Waals surface area contributed by atoms with Gasteiger partial charge >= 0.3 is 5.97 Å². The number of aromatic nitrogens is 2. The Bertz CT molecular complexity index is 374. The first kappa shape index (κ1) is 8.93. The fourth-order valence-electron chi connectivity index (χ4n) is 1.45. The van der Waals surface area contributed by atoms with E-state index in [0.717, 1.165) is 12.8 Å². The van der Waals surface area contributed by atoms with Gasteiger partial charge in [-0.15, -0.1) is 0 Å². The van der Waals surface area contributed by atoms with Gasteiger partial charge in [0.05, 0.1) is 12.7 Å². The van der Waals surface area contributed by atoms with E-state index in [-0.39, 0.29) is 11.6 Å². The molecule has 5 nitrogen and oxygen atoms in total. The van der Waals surface area contributed by atoms with E-state index in [0.29, 0.717) is 11.4 Å². The molecule has 1 N–H and O–H groups in total. The van der Waals surface area contributed by atoms with Gasteiger partial charge in [-0.05, 0) is 18.8 Å². The molecule has 2 rings (SSSR count). The van der Waals surface area contributed by atoms with Crippen molar-refractivity contribution in [3.63, 3.8) is 0 Å². The predicted octanol–water partition coefficient (Wildman–Crippen LogP) is 1.06. The van der Waals surface area contributed by atoms with Crippen molar-refractivity contribution in [1.82, 2.24) is 9.97 Å². The smallest absolute Gasteiger partial charge is 0.355 e. The summed E-state index contributed by atoms with van der Waals surface area (Å²) in [5.74, 6) is -0.371. The van der Waals surface area contributed by atoms with E-state index in [1.165, 1.54) is 13.4 Å². The molecule has 1 fully saturated rings. The van der Waals surface area contributed by atoms with Gasteiger partial charge in [-0.3, -0.25) is 0 Å². The van der Waals surface area contributed by atoms with Crippen molar-refractivity contribution in [3.8, 4) is 5.88 Å². The molecule has 1 heterocycles. The Hall–Kier alpha value is -1.65. The SMILES string of the molecule is COc1ncnc(C(=O)O)c1C1CC1.